The third kappa shape index (κ3) is 4.58. The molecule has 1 heterocycles. The standard InChI is InChI=1S/C17H23N5O2/c1-12-7-5-6-8-15(12)13(2)19-17(24)20-14-9-18-22(10-14)11-16(23)21(3)4/h5-10,13H,11H2,1-4H3,(H2,19,20,24)/t13-/m0/s1. The number of aromatic nitrogens is 2. The molecular formula is C17H23N5O2. The van der Waals surface area contributed by atoms with Crippen LogP contribution in [0.5, 0.6) is 0 Å². The smallest absolute Gasteiger partial charge is 0.319 e. The Hall–Kier alpha value is -2.83. The van der Waals surface area contributed by atoms with Gasteiger partial charge in [-0.2, -0.15) is 5.10 Å². The van der Waals surface area contributed by atoms with E-state index >= 15 is 0 Å². The van der Waals surface area contributed by atoms with Gasteiger partial charge in [0.15, 0.2) is 0 Å². The lowest BCUT2D eigenvalue weighted by Crippen LogP contribution is -2.31. The van der Waals surface area contributed by atoms with Crippen LogP contribution < -0.4 is 10.6 Å². The quantitative estimate of drug-likeness (QED) is 0.882. The molecule has 7 nitrogen and oxygen atoms in total. The minimum absolute atomic E-state index is 0.0673. The Labute approximate surface area is 141 Å². The lowest BCUT2D eigenvalue weighted by Gasteiger charge is -2.16. The average Bonchev–Trinajstić information content (AvgIpc) is 2.94. The van der Waals surface area contributed by atoms with Crippen LogP contribution in [-0.4, -0.2) is 40.7 Å². The van der Waals surface area contributed by atoms with Gasteiger partial charge in [0.25, 0.3) is 0 Å². The van der Waals surface area contributed by atoms with Crippen molar-refractivity contribution >= 4 is 17.6 Å². The van der Waals surface area contributed by atoms with Crippen LogP contribution in [0.1, 0.15) is 24.1 Å². The highest BCUT2D eigenvalue weighted by atomic mass is 16.2. The summed E-state index contributed by atoms with van der Waals surface area (Å²) in [7, 11) is 3.37. The number of likely N-dealkylation sites (N-methyl/N-ethyl adjacent to an activating group) is 1. The zero-order chi connectivity index (χ0) is 17.7. The monoisotopic (exact) mass is 329 g/mol. The molecule has 3 amide bonds. The van der Waals surface area contributed by atoms with E-state index in [1.54, 1.807) is 20.3 Å². The molecule has 0 fully saturated rings. The summed E-state index contributed by atoms with van der Waals surface area (Å²) in [6.07, 6.45) is 3.14. The number of aryl methyl sites for hydroxylation is 1. The SMILES string of the molecule is Cc1ccccc1[C@H](C)NC(=O)Nc1cnn(CC(=O)N(C)C)c1. The minimum Gasteiger partial charge on any atom is -0.347 e. The summed E-state index contributed by atoms with van der Waals surface area (Å²) in [6.45, 7) is 4.08. The molecule has 1 aromatic heterocycles. The first kappa shape index (κ1) is 17.5. The first-order valence-electron chi connectivity index (χ1n) is 7.72. The second kappa shape index (κ2) is 7.63. The predicted molar refractivity (Wildman–Crippen MR) is 92.7 cm³/mol. The van der Waals surface area contributed by atoms with Gasteiger partial charge in [0.1, 0.15) is 6.54 Å². The molecule has 0 saturated carbocycles. The Morgan fingerprint density at radius 3 is 2.67 bits per heavy atom. The summed E-state index contributed by atoms with van der Waals surface area (Å²) in [5.41, 5.74) is 2.73. The maximum atomic E-state index is 12.1. The van der Waals surface area contributed by atoms with Crippen molar-refractivity contribution in [1.82, 2.24) is 20.0 Å². The number of carbonyl (C=O) groups is 2. The average molecular weight is 329 g/mol. The zero-order valence-corrected chi connectivity index (χ0v) is 14.4. The summed E-state index contributed by atoms with van der Waals surface area (Å²) in [4.78, 5) is 25.2. The normalized spacial score (nSPS) is 11.7. The van der Waals surface area contributed by atoms with E-state index < -0.39 is 0 Å². The van der Waals surface area contributed by atoms with Gasteiger partial charge < -0.3 is 15.5 Å². The van der Waals surface area contributed by atoms with E-state index in [-0.39, 0.29) is 24.5 Å². The van der Waals surface area contributed by atoms with Crippen LogP contribution in [0.15, 0.2) is 36.7 Å². The molecule has 1 atom stereocenters. The molecular weight excluding hydrogens is 306 g/mol. The van der Waals surface area contributed by atoms with Gasteiger partial charge in [0.2, 0.25) is 5.91 Å². The van der Waals surface area contributed by atoms with E-state index in [1.165, 1.54) is 15.8 Å². The first-order chi connectivity index (χ1) is 11.4. The van der Waals surface area contributed by atoms with Gasteiger partial charge in [-0.3, -0.25) is 9.48 Å². The van der Waals surface area contributed by atoms with Crippen molar-refractivity contribution in [3.05, 3.63) is 47.8 Å². The molecule has 0 bridgehead atoms. The molecule has 0 unspecified atom stereocenters. The van der Waals surface area contributed by atoms with E-state index in [2.05, 4.69) is 15.7 Å². The predicted octanol–water partition coefficient (Wildman–Crippen LogP) is 2.16. The van der Waals surface area contributed by atoms with Crippen molar-refractivity contribution in [3.63, 3.8) is 0 Å². The maximum absolute atomic E-state index is 12.1. The van der Waals surface area contributed by atoms with E-state index in [0.717, 1.165) is 11.1 Å². The van der Waals surface area contributed by atoms with E-state index in [4.69, 9.17) is 0 Å². The van der Waals surface area contributed by atoms with E-state index in [0.29, 0.717) is 5.69 Å². The van der Waals surface area contributed by atoms with Gasteiger partial charge in [-0.1, -0.05) is 24.3 Å². The van der Waals surface area contributed by atoms with Crippen molar-refractivity contribution in [3.8, 4) is 0 Å². The third-order valence-corrected chi connectivity index (χ3v) is 3.69. The lowest BCUT2D eigenvalue weighted by molar-refractivity contribution is -0.129. The van der Waals surface area contributed by atoms with Crippen molar-refractivity contribution in [2.45, 2.75) is 26.4 Å². The molecule has 0 spiro atoms. The Kier molecular flexibility index (Phi) is 5.57. The molecule has 2 aromatic rings. The molecule has 2 rings (SSSR count). The van der Waals surface area contributed by atoms with Gasteiger partial charge in [-0.15, -0.1) is 0 Å². The summed E-state index contributed by atoms with van der Waals surface area (Å²) in [6, 6.07) is 7.49. The topological polar surface area (TPSA) is 79.3 Å². The Morgan fingerprint density at radius 1 is 1.29 bits per heavy atom. The zero-order valence-electron chi connectivity index (χ0n) is 14.4. The second-order valence-corrected chi connectivity index (χ2v) is 5.89. The largest absolute Gasteiger partial charge is 0.347 e. The summed E-state index contributed by atoms with van der Waals surface area (Å²) in [5.74, 6) is -0.0673. The lowest BCUT2D eigenvalue weighted by atomic mass is 10.0. The number of anilines is 1. The number of nitrogens with zero attached hydrogens (tertiary/aromatic N) is 3. The molecule has 24 heavy (non-hydrogen) atoms. The van der Waals surface area contributed by atoms with Crippen molar-refractivity contribution < 1.29 is 9.59 Å². The van der Waals surface area contributed by atoms with Crippen LogP contribution in [0.4, 0.5) is 10.5 Å². The molecule has 0 saturated heterocycles. The minimum atomic E-state index is -0.316. The molecule has 0 aliphatic heterocycles. The van der Waals surface area contributed by atoms with Crippen molar-refractivity contribution in [2.75, 3.05) is 19.4 Å². The van der Waals surface area contributed by atoms with Crippen LogP contribution in [0.25, 0.3) is 0 Å². The Morgan fingerprint density at radius 2 is 2.00 bits per heavy atom. The Bertz CT molecular complexity index is 723. The fraction of sp³-hybridized carbons (Fsp3) is 0.353. The number of carbonyl (C=O) groups excluding carboxylic acids is 2. The number of hydrogen-bond acceptors (Lipinski definition) is 3. The fourth-order valence-electron chi connectivity index (χ4n) is 2.31. The molecule has 0 aliphatic rings. The van der Waals surface area contributed by atoms with E-state index in [1.807, 2.05) is 38.1 Å². The Balaban J connectivity index is 1.92. The van der Waals surface area contributed by atoms with Gasteiger partial charge in [0.05, 0.1) is 17.9 Å². The molecule has 0 radical (unpaired) electrons. The fourth-order valence-corrected chi connectivity index (χ4v) is 2.31. The first-order valence-corrected chi connectivity index (χ1v) is 7.72. The maximum Gasteiger partial charge on any atom is 0.319 e. The number of rotatable bonds is 5. The molecule has 2 N–H and O–H groups in total. The summed E-state index contributed by atoms with van der Waals surface area (Å²) >= 11 is 0. The highest BCUT2D eigenvalue weighted by Crippen LogP contribution is 2.16. The summed E-state index contributed by atoms with van der Waals surface area (Å²) in [5, 5.41) is 9.69. The highest BCUT2D eigenvalue weighted by molar-refractivity contribution is 5.89. The number of amides is 3. The number of hydrogen-bond donors (Lipinski definition) is 2. The third-order valence-electron chi connectivity index (χ3n) is 3.69. The molecule has 128 valence electrons. The van der Waals surface area contributed by atoms with Crippen molar-refractivity contribution in [1.29, 1.82) is 0 Å². The number of nitrogens with one attached hydrogen (secondary N) is 2. The number of urea groups is 1. The summed E-state index contributed by atoms with van der Waals surface area (Å²) < 4.78 is 1.49. The molecule has 0 aliphatic carbocycles. The van der Waals surface area contributed by atoms with Gasteiger partial charge >= 0.3 is 6.03 Å². The van der Waals surface area contributed by atoms with Gasteiger partial charge in [0, 0.05) is 20.3 Å². The highest BCUT2D eigenvalue weighted by Gasteiger charge is 2.12. The molecule has 7 heteroatoms. The van der Waals surface area contributed by atoms with Crippen LogP contribution in [0.3, 0.4) is 0 Å². The van der Waals surface area contributed by atoms with Gasteiger partial charge in [-0.05, 0) is 25.0 Å². The second-order valence-electron chi connectivity index (χ2n) is 5.89. The van der Waals surface area contributed by atoms with Gasteiger partial charge in [-0.25, -0.2) is 4.79 Å². The van der Waals surface area contributed by atoms with Crippen LogP contribution in [-0.2, 0) is 11.3 Å². The van der Waals surface area contributed by atoms with Crippen LogP contribution >= 0.6 is 0 Å². The van der Waals surface area contributed by atoms with Crippen molar-refractivity contribution in [2.24, 2.45) is 0 Å². The number of benzene rings is 1. The van der Waals surface area contributed by atoms with Crippen LogP contribution in [0.2, 0.25) is 0 Å². The molecule has 1 aromatic carbocycles. The van der Waals surface area contributed by atoms with Crippen LogP contribution in [0, 0.1) is 6.92 Å². The van der Waals surface area contributed by atoms with E-state index in [9.17, 15) is 9.59 Å².